The molecule has 0 unspecified atom stereocenters. The van der Waals surface area contributed by atoms with E-state index in [9.17, 15) is 14.4 Å². The zero-order valence-corrected chi connectivity index (χ0v) is 10.7. The molecule has 0 aliphatic heterocycles. The van der Waals surface area contributed by atoms with Crippen molar-refractivity contribution in [3.8, 4) is 0 Å². The zero-order valence-electron chi connectivity index (χ0n) is 9.90. The molecule has 0 radical (unpaired) electrons. The van der Waals surface area contributed by atoms with Gasteiger partial charge >= 0.3 is 18.0 Å². The van der Waals surface area contributed by atoms with Gasteiger partial charge in [-0.1, -0.05) is 17.7 Å². The first-order valence-electron chi connectivity index (χ1n) is 5.09. The Morgan fingerprint density at radius 3 is 2.63 bits per heavy atom. The minimum absolute atomic E-state index is 0.00160. The summed E-state index contributed by atoms with van der Waals surface area (Å²) in [6, 6.07) is 3.52. The van der Waals surface area contributed by atoms with Crippen LogP contribution in [-0.2, 0) is 9.53 Å². The maximum atomic E-state index is 11.5. The molecule has 0 saturated heterocycles. The number of anilines is 1. The Hall–Kier alpha value is -2.28. The van der Waals surface area contributed by atoms with Gasteiger partial charge in [0.15, 0.2) is 0 Å². The number of hydrogen-bond acceptors (Lipinski definition) is 4. The zero-order chi connectivity index (χ0) is 14.4. The molecule has 0 heterocycles. The fourth-order valence-electron chi connectivity index (χ4n) is 1.24. The monoisotopic (exact) mass is 286 g/mol. The standard InChI is InChI=1S/C11H11ClN2O5/c1-19-8(15)5-13-11(18)14-7-4-2-3-6(12)9(7)10(16)17/h2-4H,5H2,1H3,(H,16,17)(H2,13,14,18). The Kier molecular flexibility index (Phi) is 5.13. The van der Waals surface area contributed by atoms with Gasteiger partial charge in [-0.3, -0.25) is 4.79 Å². The predicted molar refractivity (Wildman–Crippen MR) is 67.4 cm³/mol. The first kappa shape index (κ1) is 14.8. The van der Waals surface area contributed by atoms with Gasteiger partial charge in [0.2, 0.25) is 0 Å². The van der Waals surface area contributed by atoms with E-state index in [0.29, 0.717) is 0 Å². The summed E-state index contributed by atoms with van der Waals surface area (Å²) in [6.45, 7) is -0.328. The molecule has 0 spiro atoms. The molecule has 0 aliphatic rings. The van der Waals surface area contributed by atoms with Crippen molar-refractivity contribution in [1.29, 1.82) is 0 Å². The highest BCUT2D eigenvalue weighted by Crippen LogP contribution is 2.24. The molecule has 0 aromatic heterocycles. The molecule has 0 atom stereocenters. The molecule has 1 aromatic rings. The number of halogens is 1. The Labute approximate surface area is 113 Å². The molecule has 102 valence electrons. The summed E-state index contributed by atoms with van der Waals surface area (Å²) in [6.07, 6.45) is 0. The lowest BCUT2D eigenvalue weighted by Gasteiger charge is -2.10. The smallest absolute Gasteiger partial charge is 0.339 e. The Morgan fingerprint density at radius 2 is 2.05 bits per heavy atom. The average molecular weight is 287 g/mol. The highest BCUT2D eigenvalue weighted by molar-refractivity contribution is 6.34. The average Bonchev–Trinajstić information content (AvgIpc) is 2.35. The molecule has 3 N–H and O–H groups in total. The number of nitrogens with one attached hydrogen (secondary N) is 2. The quantitative estimate of drug-likeness (QED) is 0.724. The van der Waals surface area contributed by atoms with Gasteiger partial charge in [0.25, 0.3) is 0 Å². The molecule has 0 aliphatic carbocycles. The van der Waals surface area contributed by atoms with E-state index in [-0.39, 0.29) is 22.8 Å². The second-order valence-corrected chi connectivity index (χ2v) is 3.76. The summed E-state index contributed by atoms with van der Waals surface area (Å²) < 4.78 is 4.34. The third kappa shape index (κ3) is 4.14. The first-order chi connectivity index (χ1) is 8.95. The van der Waals surface area contributed by atoms with Crippen LogP contribution in [0.3, 0.4) is 0 Å². The maximum Gasteiger partial charge on any atom is 0.339 e. The SMILES string of the molecule is COC(=O)CNC(=O)Nc1cccc(Cl)c1C(=O)O. The van der Waals surface area contributed by atoms with Gasteiger partial charge < -0.3 is 20.5 Å². The van der Waals surface area contributed by atoms with Crippen molar-refractivity contribution in [2.45, 2.75) is 0 Å². The van der Waals surface area contributed by atoms with Crippen molar-refractivity contribution >= 4 is 35.3 Å². The third-order valence-electron chi connectivity index (χ3n) is 2.10. The van der Waals surface area contributed by atoms with Gasteiger partial charge in [0.05, 0.1) is 17.8 Å². The Balaban J connectivity index is 2.77. The Bertz CT molecular complexity index is 518. The normalized spacial score (nSPS) is 9.58. The number of methoxy groups -OCH3 is 1. The van der Waals surface area contributed by atoms with Crippen LogP contribution in [0.15, 0.2) is 18.2 Å². The molecular formula is C11H11ClN2O5. The number of carbonyl (C=O) groups excluding carboxylic acids is 2. The molecule has 0 fully saturated rings. The van der Waals surface area contributed by atoms with Crippen LogP contribution in [0.5, 0.6) is 0 Å². The van der Waals surface area contributed by atoms with Gasteiger partial charge in [-0.25, -0.2) is 9.59 Å². The predicted octanol–water partition coefficient (Wildman–Crippen LogP) is 1.33. The lowest BCUT2D eigenvalue weighted by Crippen LogP contribution is -2.34. The van der Waals surface area contributed by atoms with Crippen LogP contribution in [-0.4, -0.2) is 36.7 Å². The van der Waals surface area contributed by atoms with Crippen LogP contribution < -0.4 is 10.6 Å². The highest BCUT2D eigenvalue weighted by atomic mass is 35.5. The number of amides is 2. The fraction of sp³-hybridized carbons (Fsp3) is 0.182. The van der Waals surface area contributed by atoms with Gasteiger partial charge in [-0.2, -0.15) is 0 Å². The molecule has 19 heavy (non-hydrogen) atoms. The second-order valence-electron chi connectivity index (χ2n) is 3.35. The van der Waals surface area contributed by atoms with E-state index in [0.717, 1.165) is 0 Å². The fourth-order valence-corrected chi connectivity index (χ4v) is 1.49. The molecule has 1 aromatic carbocycles. The number of ether oxygens (including phenoxy) is 1. The van der Waals surface area contributed by atoms with Gasteiger partial charge in [0.1, 0.15) is 12.1 Å². The van der Waals surface area contributed by atoms with E-state index in [1.54, 1.807) is 0 Å². The first-order valence-corrected chi connectivity index (χ1v) is 5.47. The number of carbonyl (C=O) groups is 3. The van der Waals surface area contributed by atoms with Gasteiger partial charge in [0, 0.05) is 0 Å². The number of carboxylic acid groups (broad SMARTS) is 1. The highest BCUT2D eigenvalue weighted by Gasteiger charge is 2.16. The lowest BCUT2D eigenvalue weighted by atomic mass is 10.2. The molecule has 7 nitrogen and oxygen atoms in total. The molecular weight excluding hydrogens is 276 g/mol. The topological polar surface area (TPSA) is 105 Å². The van der Waals surface area contributed by atoms with Crippen molar-refractivity contribution in [3.63, 3.8) is 0 Å². The summed E-state index contributed by atoms with van der Waals surface area (Å²) in [5.74, 6) is -1.89. The second kappa shape index (κ2) is 6.60. The van der Waals surface area contributed by atoms with Crippen LogP contribution in [0, 0.1) is 0 Å². The number of urea groups is 1. The van der Waals surface area contributed by atoms with Crippen LogP contribution in [0.4, 0.5) is 10.5 Å². The number of rotatable bonds is 4. The van der Waals surface area contributed by atoms with E-state index in [2.05, 4.69) is 15.4 Å². The number of aromatic carboxylic acids is 1. The number of hydrogen-bond donors (Lipinski definition) is 3. The Morgan fingerprint density at radius 1 is 1.37 bits per heavy atom. The molecule has 0 saturated carbocycles. The molecule has 8 heteroatoms. The van der Waals surface area contributed by atoms with E-state index in [1.807, 2.05) is 0 Å². The van der Waals surface area contributed by atoms with E-state index in [4.69, 9.17) is 16.7 Å². The number of esters is 1. The van der Waals surface area contributed by atoms with E-state index in [1.165, 1.54) is 25.3 Å². The number of benzene rings is 1. The van der Waals surface area contributed by atoms with Crippen LogP contribution in [0.2, 0.25) is 5.02 Å². The van der Waals surface area contributed by atoms with Gasteiger partial charge in [-0.05, 0) is 12.1 Å². The van der Waals surface area contributed by atoms with Crippen LogP contribution in [0.1, 0.15) is 10.4 Å². The summed E-state index contributed by atoms with van der Waals surface area (Å²) in [4.78, 5) is 33.3. The summed E-state index contributed by atoms with van der Waals surface area (Å²) >= 11 is 5.73. The van der Waals surface area contributed by atoms with Crippen molar-refractivity contribution in [1.82, 2.24) is 5.32 Å². The van der Waals surface area contributed by atoms with Crippen LogP contribution >= 0.6 is 11.6 Å². The number of carboxylic acids is 1. The lowest BCUT2D eigenvalue weighted by molar-refractivity contribution is -0.139. The van der Waals surface area contributed by atoms with E-state index >= 15 is 0 Å². The summed E-state index contributed by atoms with van der Waals surface area (Å²) in [7, 11) is 1.18. The summed E-state index contributed by atoms with van der Waals surface area (Å²) in [5, 5.41) is 13.5. The molecule has 2 amide bonds. The minimum Gasteiger partial charge on any atom is -0.478 e. The van der Waals surface area contributed by atoms with Crippen molar-refractivity contribution in [2.24, 2.45) is 0 Å². The van der Waals surface area contributed by atoms with Gasteiger partial charge in [-0.15, -0.1) is 0 Å². The van der Waals surface area contributed by atoms with Crippen molar-refractivity contribution < 1.29 is 24.2 Å². The van der Waals surface area contributed by atoms with Crippen LogP contribution in [0.25, 0.3) is 0 Å². The summed E-state index contributed by atoms with van der Waals surface area (Å²) in [5.41, 5.74) is -0.195. The minimum atomic E-state index is -1.27. The largest absolute Gasteiger partial charge is 0.478 e. The van der Waals surface area contributed by atoms with Crippen molar-refractivity contribution in [3.05, 3.63) is 28.8 Å². The van der Waals surface area contributed by atoms with E-state index < -0.39 is 18.0 Å². The third-order valence-corrected chi connectivity index (χ3v) is 2.41. The molecule has 0 bridgehead atoms. The molecule has 1 rings (SSSR count). The maximum absolute atomic E-state index is 11.5. The van der Waals surface area contributed by atoms with Crippen molar-refractivity contribution in [2.75, 3.05) is 19.0 Å².